The number of nitrogens with one attached hydrogen (secondary N) is 1. The van der Waals surface area contributed by atoms with Crippen LogP contribution in [-0.2, 0) is 11.2 Å². The molecule has 3 rings (SSSR count). The Labute approximate surface area is 155 Å². The Balaban J connectivity index is 1.54. The first-order chi connectivity index (χ1) is 12.1. The second-order valence-corrected chi connectivity index (χ2v) is 6.74. The van der Waals surface area contributed by atoms with Gasteiger partial charge in [-0.05, 0) is 24.6 Å². The normalized spacial score (nSPS) is 11.9. The van der Waals surface area contributed by atoms with E-state index in [1.165, 1.54) is 0 Å². The highest BCUT2D eigenvalue weighted by molar-refractivity contribution is 9.10. The van der Waals surface area contributed by atoms with Gasteiger partial charge in [0.1, 0.15) is 0 Å². The maximum atomic E-state index is 12.1. The summed E-state index contributed by atoms with van der Waals surface area (Å²) in [6.07, 6.45) is 2.51. The minimum Gasteiger partial charge on any atom is -0.441 e. The number of aromatic nitrogens is 1. The lowest BCUT2D eigenvalue weighted by Gasteiger charge is -2.13. The van der Waals surface area contributed by atoms with E-state index in [2.05, 4.69) is 26.2 Å². The van der Waals surface area contributed by atoms with Crippen LogP contribution in [0.3, 0.4) is 0 Å². The third kappa shape index (κ3) is 4.79. The molecular weight excluding hydrogens is 380 g/mol. The van der Waals surface area contributed by atoms with Crippen molar-refractivity contribution in [1.82, 2.24) is 10.3 Å². The molecule has 0 saturated carbocycles. The summed E-state index contributed by atoms with van der Waals surface area (Å²) in [7, 11) is 0. The first-order valence-corrected chi connectivity index (χ1v) is 8.96. The molecule has 0 spiro atoms. The molecule has 3 aromatic rings. The van der Waals surface area contributed by atoms with Crippen LogP contribution in [0.2, 0.25) is 0 Å². The number of oxazole rings is 1. The van der Waals surface area contributed by atoms with Gasteiger partial charge in [-0.1, -0.05) is 58.4 Å². The second-order valence-electron chi connectivity index (χ2n) is 5.83. The van der Waals surface area contributed by atoms with E-state index in [0.717, 1.165) is 15.6 Å². The van der Waals surface area contributed by atoms with Crippen molar-refractivity contribution in [1.29, 1.82) is 0 Å². The van der Waals surface area contributed by atoms with E-state index in [1.54, 1.807) is 6.20 Å². The molecule has 4 nitrogen and oxygen atoms in total. The Bertz CT molecular complexity index is 846. The second kappa shape index (κ2) is 8.12. The van der Waals surface area contributed by atoms with E-state index in [0.29, 0.717) is 24.5 Å². The van der Waals surface area contributed by atoms with Crippen LogP contribution < -0.4 is 5.32 Å². The van der Waals surface area contributed by atoms with Crippen molar-refractivity contribution in [2.75, 3.05) is 0 Å². The van der Waals surface area contributed by atoms with Crippen molar-refractivity contribution in [2.45, 2.75) is 25.8 Å². The summed E-state index contributed by atoms with van der Waals surface area (Å²) < 4.78 is 6.74. The fourth-order valence-corrected chi connectivity index (χ4v) is 2.96. The fourth-order valence-electron chi connectivity index (χ4n) is 2.56. The number of aryl methyl sites for hydroxylation is 1. The molecule has 0 fully saturated rings. The molecule has 0 aliphatic rings. The van der Waals surface area contributed by atoms with Crippen LogP contribution in [0.4, 0.5) is 0 Å². The van der Waals surface area contributed by atoms with Gasteiger partial charge >= 0.3 is 0 Å². The highest BCUT2D eigenvalue weighted by Crippen LogP contribution is 2.24. The van der Waals surface area contributed by atoms with Crippen LogP contribution in [0.15, 0.2) is 69.7 Å². The van der Waals surface area contributed by atoms with Crippen LogP contribution in [0.25, 0.3) is 11.3 Å². The van der Waals surface area contributed by atoms with Gasteiger partial charge in [-0.3, -0.25) is 4.79 Å². The highest BCUT2D eigenvalue weighted by atomic mass is 79.9. The maximum absolute atomic E-state index is 12.1. The van der Waals surface area contributed by atoms with Crippen LogP contribution in [0.1, 0.15) is 30.8 Å². The van der Waals surface area contributed by atoms with Gasteiger partial charge in [-0.15, -0.1) is 0 Å². The highest BCUT2D eigenvalue weighted by Gasteiger charge is 2.12. The van der Waals surface area contributed by atoms with Crippen molar-refractivity contribution in [3.8, 4) is 11.3 Å². The largest absolute Gasteiger partial charge is 0.441 e. The molecule has 2 aromatic carbocycles. The van der Waals surface area contributed by atoms with Crippen molar-refractivity contribution >= 4 is 21.8 Å². The molecule has 1 amide bonds. The number of hydrogen-bond acceptors (Lipinski definition) is 3. The van der Waals surface area contributed by atoms with Gasteiger partial charge in [0, 0.05) is 22.9 Å². The molecular formula is C20H19BrN2O2. The Hall–Kier alpha value is -2.40. The molecule has 1 atom stereocenters. The number of amides is 1. The number of carbonyl (C=O) groups is 1. The van der Waals surface area contributed by atoms with E-state index < -0.39 is 0 Å². The lowest BCUT2D eigenvalue weighted by Crippen LogP contribution is -2.26. The van der Waals surface area contributed by atoms with E-state index in [1.807, 2.05) is 61.5 Å². The fraction of sp³-hybridized carbons (Fsp3) is 0.200. The third-order valence-corrected chi connectivity index (χ3v) is 4.40. The average molecular weight is 399 g/mol. The summed E-state index contributed by atoms with van der Waals surface area (Å²) in [6, 6.07) is 17.7. The van der Waals surface area contributed by atoms with Gasteiger partial charge < -0.3 is 9.73 Å². The van der Waals surface area contributed by atoms with Crippen molar-refractivity contribution < 1.29 is 9.21 Å². The number of halogens is 1. The molecule has 0 radical (unpaired) electrons. The van der Waals surface area contributed by atoms with E-state index in [-0.39, 0.29) is 11.9 Å². The number of hydrogen-bond donors (Lipinski definition) is 1. The van der Waals surface area contributed by atoms with Crippen molar-refractivity contribution in [3.05, 3.63) is 76.7 Å². The minimum atomic E-state index is -0.0181. The molecule has 0 aliphatic heterocycles. The summed E-state index contributed by atoms with van der Waals surface area (Å²) in [4.78, 5) is 16.4. The number of carbonyl (C=O) groups excluding carboxylic acids is 1. The zero-order valence-corrected chi connectivity index (χ0v) is 15.5. The molecule has 1 N–H and O–H groups in total. The number of nitrogens with zero attached hydrogens (tertiary/aromatic N) is 1. The molecule has 0 saturated heterocycles. The van der Waals surface area contributed by atoms with E-state index in [9.17, 15) is 4.79 Å². The van der Waals surface area contributed by atoms with Gasteiger partial charge in [-0.2, -0.15) is 0 Å². The Morgan fingerprint density at radius 1 is 1.20 bits per heavy atom. The van der Waals surface area contributed by atoms with Crippen molar-refractivity contribution in [2.24, 2.45) is 0 Å². The van der Waals surface area contributed by atoms with Gasteiger partial charge in [0.25, 0.3) is 0 Å². The number of benzene rings is 2. The van der Waals surface area contributed by atoms with Crippen molar-refractivity contribution in [3.63, 3.8) is 0 Å². The van der Waals surface area contributed by atoms with E-state index >= 15 is 0 Å². The monoisotopic (exact) mass is 398 g/mol. The lowest BCUT2D eigenvalue weighted by molar-refractivity contribution is -0.121. The summed E-state index contributed by atoms with van der Waals surface area (Å²) in [5.41, 5.74) is 2.04. The quantitative estimate of drug-likeness (QED) is 0.641. The van der Waals surface area contributed by atoms with Crippen LogP contribution in [-0.4, -0.2) is 10.9 Å². The first-order valence-electron chi connectivity index (χ1n) is 8.17. The van der Waals surface area contributed by atoms with Crippen LogP contribution in [0.5, 0.6) is 0 Å². The first kappa shape index (κ1) is 17.4. The maximum Gasteiger partial charge on any atom is 0.220 e. The summed E-state index contributed by atoms with van der Waals surface area (Å²) in [5.74, 6) is 1.26. The smallest absolute Gasteiger partial charge is 0.220 e. The van der Waals surface area contributed by atoms with Gasteiger partial charge in [0.2, 0.25) is 5.91 Å². The average Bonchev–Trinajstić information content (AvgIpc) is 3.10. The zero-order chi connectivity index (χ0) is 17.6. The molecule has 0 aliphatic carbocycles. The van der Waals surface area contributed by atoms with Crippen LogP contribution >= 0.6 is 15.9 Å². The Morgan fingerprint density at radius 2 is 2.00 bits per heavy atom. The molecule has 0 unspecified atom stereocenters. The molecule has 128 valence electrons. The van der Waals surface area contributed by atoms with Gasteiger partial charge in [0.15, 0.2) is 11.7 Å². The topological polar surface area (TPSA) is 55.1 Å². The summed E-state index contributed by atoms with van der Waals surface area (Å²) in [6.45, 7) is 1.98. The molecule has 25 heavy (non-hydrogen) atoms. The van der Waals surface area contributed by atoms with Gasteiger partial charge in [-0.25, -0.2) is 4.98 Å². The SMILES string of the molecule is C[C@@H](NC(=O)CCc1ncc(-c2cccc(Br)c2)o1)c1ccccc1. The van der Waals surface area contributed by atoms with E-state index in [4.69, 9.17) is 4.42 Å². The predicted molar refractivity (Wildman–Crippen MR) is 101 cm³/mol. The van der Waals surface area contributed by atoms with Gasteiger partial charge in [0.05, 0.1) is 12.2 Å². The molecule has 1 heterocycles. The zero-order valence-electron chi connectivity index (χ0n) is 13.9. The third-order valence-electron chi connectivity index (χ3n) is 3.91. The molecule has 5 heteroatoms. The Morgan fingerprint density at radius 3 is 2.76 bits per heavy atom. The van der Waals surface area contributed by atoms with Crippen LogP contribution in [0, 0.1) is 0 Å². The summed E-state index contributed by atoms with van der Waals surface area (Å²) >= 11 is 3.44. The predicted octanol–water partition coefficient (Wildman–Crippen LogP) is 4.91. The Kier molecular flexibility index (Phi) is 5.66. The lowest BCUT2D eigenvalue weighted by atomic mass is 10.1. The summed E-state index contributed by atoms with van der Waals surface area (Å²) in [5, 5.41) is 3.00. The molecule has 1 aromatic heterocycles. The molecule has 0 bridgehead atoms. The standard InChI is InChI=1S/C20H19BrN2O2/c1-14(15-6-3-2-4-7-15)23-19(24)10-11-20-22-13-18(25-20)16-8-5-9-17(21)12-16/h2-9,12-14H,10-11H2,1H3,(H,23,24)/t14-/m1/s1. The number of rotatable bonds is 6. The minimum absolute atomic E-state index is 0.0152.